The Morgan fingerprint density at radius 2 is 1.87 bits per heavy atom. The smallest absolute Gasteiger partial charge is 0.267 e. The number of hydrogen-bond donors (Lipinski definition) is 2. The minimum absolute atomic E-state index is 0.247. The molecule has 2 N–H and O–H groups in total. The van der Waals surface area contributed by atoms with Crippen LogP contribution in [0.3, 0.4) is 0 Å². The fourth-order valence-corrected chi connectivity index (χ4v) is 4.07. The van der Waals surface area contributed by atoms with Gasteiger partial charge in [0.2, 0.25) is 0 Å². The van der Waals surface area contributed by atoms with Crippen molar-refractivity contribution in [3.8, 4) is 0 Å². The van der Waals surface area contributed by atoms with E-state index in [1.54, 1.807) is 37.3 Å². The Labute approximate surface area is 183 Å². The van der Waals surface area contributed by atoms with Crippen molar-refractivity contribution < 1.29 is 14.0 Å². The van der Waals surface area contributed by atoms with E-state index < -0.39 is 0 Å². The standard InChI is InChI=1S/C22H21ClFN3O2S/c1-3-10-25-21(28)17-9-8-16(12-18(17)23)27-22(29)20-13(2)26-19(30-20)11-14-4-6-15(24)7-5-14/h4-9,12H,3,10-11H2,1-2H3,(H,25,28)(H,27,29). The van der Waals surface area contributed by atoms with Gasteiger partial charge in [0.1, 0.15) is 10.7 Å². The molecule has 5 nitrogen and oxygen atoms in total. The van der Waals surface area contributed by atoms with E-state index in [1.807, 2.05) is 6.92 Å². The second-order valence-electron chi connectivity index (χ2n) is 6.73. The van der Waals surface area contributed by atoms with Crippen LogP contribution in [0.15, 0.2) is 42.5 Å². The van der Waals surface area contributed by atoms with Gasteiger partial charge in [0, 0.05) is 18.7 Å². The first kappa shape index (κ1) is 21.9. The van der Waals surface area contributed by atoms with E-state index in [0.29, 0.717) is 34.8 Å². The minimum atomic E-state index is -0.297. The van der Waals surface area contributed by atoms with Gasteiger partial charge in [0.15, 0.2) is 0 Å². The van der Waals surface area contributed by atoms with Crippen molar-refractivity contribution in [2.24, 2.45) is 0 Å². The number of nitrogens with one attached hydrogen (secondary N) is 2. The summed E-state index contributed by atoms with van der Waals surface area (Å²) in [6, 6.07) is 11.0. The van der Waals surface area contributed by atoms with Crippen LogP contribution in [-0.4, -0.2) is 23.3 Å². The molecule has 0 spiro atoms. The molecule has 156 valence electrons. The number of carbonyl (C=O) groups is 2. The Balaban J connectivity index is 1.70. The number of anilines is 1. The Morgan fingerprint density at radius 3 is 2.53 bits per heavy atom. The Morgan fingerprint density at radius 1 is 1.13 bits per heavy atom. The van der Waals surface area contributed by atoms with Crippen LogP contribution in [-0.2, 0) is 6.42 Å². The van der Waals surface area contributed by atoms with Crippen molar-refractivity contribution in [3.63, 3.8) is 0 Å². The van der Waals surface area contributed by atoms with Gasteiger partial charge in [0.25, 0.3) is 11.8 Å². The van der Waals surface area contributed by atoms with Gasteiger partial charge in [-0.15, -0.1) is 11.3 Å². The number of aromatic nitrogens is 1. The van der Waals surface area contributed by atoms with Gasteiger partial charge in [0.05, 0.1) is 21.3 Å². The normalized spacial score (nSPS) is 10.7. The Hall–Kier alpha value is -2.77. The maximum atomic E-state index is 13.1. The van der Waals surface area contributed by atoms with E-state index in [4.69, 9.17) is 11.6 Å². The lowest BCUT2D eigenvalue weighted by Crippen LogP contribution is -2.24. The fourth-order valence-electron chi connectivity index (χ4n) is 2.81. The first-order chi connectivity index (χ1) is 14.4. The molecular formula is C22H21ClFN3O2S. The summed E-state index contributed by atoms with van der Waals surface area (Å²) in [5, 5.41) is 6.60. The third kappa shape index (κ3) is 5.43. The number of benzene rings is 2. The molecule has 3 aromatic rings. The van der Waals surface area contributed by atoms with E-state index >= 15 is 0 Å². The molecule has 0 fully saturated rings. The van der Waals surface area contributed by atoms with E-state index in [-0.39, 0.29) is 22.7 Å². The number of thiazole rings is 1. The molecule has 2 amide bonds. The Bertz CT molecular complexity index is 1070. The van der Waals surface area contributed by atoms with Crippen LogP contribution >= 0.6 is 22.9 Å². The largest absolute Gasteiger partial charge is 0.352 e. The third-order valence-electron chi connectivity index (χ3n) is 4.32. The van der Waals surface area contributed by atoms with Crippen LogP contribution in [0.2, 0.25) is 5.02 Å². The molecule has 0 atom stereocenters. The molecule has 0 unspecified atom stereocenters. The zero-order valence-corrected chi connectivity index (χ0v) is 18.2. The molecule has 3 rings (SSSR count). The second kappa shape index (κ2) is 9.82. The van der Waals surface area contributed by atoms with E-state index in [2.05, 4.69) is 15.6 Å². The molecule has 0 aliphatic heterocycles. The van der Waals surface area contributed by atoms with Gasteiger partial charge in [-0.25, -0.2) is 9.37 Å². The first-order valence-corrected chi connectivity index (χ1v) is 10.7. The third-order valence-corrected chi connectivity index (χ3v) is 5.79. The number of carbonyl (C=O) groups excluding carboxylic acids is 2. The van der Waals surface area contributed by atoms with Gasteiger partial charge in [-0.1, -0.05) is 30.7 Å². The molecule has 0 bridgehead atoms. The summed E-state index contributed by atoms with van der Waals surface area (Å²) in [6.45, 7) is 4.30. The van der Waals surface area contributed by atoms with Crippen molar-refractivity contribution in [1.29, 1.82) is 0 Å². The van der Waals surface area contributed by atoms with Crippen LogP contribution < -0.4 is 10.6 Å². The molecule has 0 saturated carbocycles. The maximum absolute atomic E-state index is 13.1. The summed E-state index contributed by atoms with van der Waals surface area (Å²) in [4.78, 5) is 29.7. The van der Waals surface area contributed by atoms with Crippen LogP contribution in [0.4, 0.5) is 10.1 Å². The van der Waals surface area contributed by atoms with Crippen LogP contribution in [0.5, 0.6) is 0 Å². The molecular weight excluding hydrogens is 425 g/mol. The number of nitrogens with zero attached hydrogens (tertiary/aromatic N) is 1. The lowest BCUT2D eigenvalue weighted by Gasteiger charge is -2.09. The summed E-state index contributed by atoms with van der Waals surface area (Å²) in [5.74, 6) is -0.834. The minimum Gasteiger partial charge on any atom is -0.352 e. The molecule has 30 heavy (non-hydrogen) atoms. The highest BCUT2D eigenvalue weighted by molar-refractivity contribution is 7.14. The summed E-state index contributed by atoms with van der Waals surface area (Å²) in [6.07, 6.45) is 1.35. The topological polar surface area (TPSA) is 71.1 Å². The molecule has 8 heteroatoms. The summed E-state index contributed by atoms with van der Waals surface area (Å²) in [7, 11) is 0. The van der Waals surface area contributed by atoms with Crippen molar-refractivity contribution in [2.75, 3.05) is 11.9 Å². The van der Waals surface area contributed by atoms with Gasteiger partial charge in [-0.05, 0) is 49.2 Å². The Kier molecular flexibility index (Phi) is 7.18. The second-order valence-corrected chi connectivity index (χ2v) is 8.22. The van der Waals surface area contributed by atoms with Gasteiger partial charge >= 0.3 is 0 Å². The predicted octanol–water partition coefficient (Wildman–Crippen LogP) is 5.23. The fraction of sp³-hybridized carbons (Fsp3) is 0.227. The number of amides is 2. The SMILES string of the molecule is CCCNC(=O)c1ccc(NC(=O)c2sc(Cc3ccc(F)cc3)nc2C)cc1Cl. The highest BCUT2D eigenvalue weighted by Gasteiger charge is 2.17. The lowest BCUT2D eigenvalue weighted by molar-refractivity contribution is 0.0953. The molecule has 0 saturated heterocycles. The van der Waals surface area contributed by atoms with Crippen LogP contribution in [0.25, 0.3) is 0 Å². The maximum Gasteiger partial charge on any atom is 0.267 e. The first-order valence-electron chi connectivity index (χ1n) is 9.47. The van der Waals surface area contributed by atoms with E-state index in [0.717, 1.165) is 17.0 Å². The monoisotopic (exact) mass is 445 g/mol. The average Bonchev–Trinajstić information content (AvgIpc) is 3.08. The van der Waals surface area contributed by atoms with Gasteiger partial charge < -0.3 is 10.6 Å². The number of rotatable bonds is 7. The van der Waals surface area contributed by atoms with Crippen molar-refractivity contribution in [3.05, 3.63) is 80.0 Å². The summed E-state index contributed by atoms with van der Waals surface area (Å²) in [5.41, 5.74) is 2.39. The number of halogens is 2. The number of hydrogen-bond acceptors (Lipinski definition) is 4. The highest BCUT2D eigenvalue weighted by Crippen LogP contribution is 2.25. The summed E-state index contributed by atoms with van der Waals surface area (Å²) < 4.78 is 13.1. The van der Waals surface area contributed by atoms with Crippen molar-refractivity contribution in [1.82, 2.24) is 10.3 Å². The van der Waals surface area contributed by atoms with Gasteiger partial charge in [-0.2, -0.15) is 0 Å². The number of aryl methyl sites for hydroxylation is 1. The van der Waals surface area contributed by atoms with E-state index in [9.17, 15) is 14.0 Å². The molecule has 1 heterocycles. The molecule has 0 aliphatic carbocycles. The summed E-state index contributed by atoms with van der Waals surface area (Å²) >= 11 is 7.51. The molecule has 0 aliphatic rings. The van der Waals surface area contributed by atoms with Crippen LogP contribution in [0.1, 0.15) is 49.6 Å². The highest BCUT2D eigenvalue weighted by atomic mass is 35.5. The molecule has 0 radical (unpaired) electrons. The van der Waals surface area contributed by atoms with E-state index in [1.165, 1.54) is 23.5 Å². The van der Waals surface area contributed by atoms with Crippen molar-refractivity contribution in [2.45, 2.75) is 26.7 Å². The van der Waals surface area contributed by atoms with Crippen LogP contribution in [0, 0.1) is 12.7 Å². The zero-order valence-electron chi connectivity index (χ0n) is 16.6. The lowest BCUT2D eigenvalue weighted by atomic mass is 10.1. The quantitative estimate of drug-likeness (QED) is 0.523. The van der Waals surface area contributed by atoms with Crippen molar-refractivity contribution >= 4 is 40.4 Å². The van der Waals surface area contributed by atoms with Gasteiger partial charge in [-0.3, -0.25) is 9.59 Å². The zero-order chi connectivity index (χ0) is 21.7. The average molecular weight is 446 g/mol. The molecule has 2 aromatic carbocycles. The molecule has 1 aromatic heterocycles. The predicted molar refractivity (Wildman–Crippen MR) is 118 cm³/mol.